The van der Waals surface area contributed by atoms with Gasteiger partial charge in [0.25, 0.3) is 0 Å². The monoisotopic (exact) mass is 324 g/mol. The highest BCUT2D eigenvalue weighted by Crippen LogP contribution is 2.32. The fourth-order valence-electron chi connectivity index (χ4n) is 1.53. The van der Waals surface area contributed by atoms with Gasteiger partial charge in [-0.2, -0.15) is 0 Å². The van der Waals surface area contributed by atoms with Crippen molar-refractivity contribution in [1.29, 1.82) is 0 Å². The van der Waals surface area contributed by atoms with Crippen molar-refractivity contribution in [3.63, 3.8) is 0 Å². The Hall–Kier alpha value is -0.690. The highest BCUT2D eigenvalue weighted by Gasteiger charge is 2.33. The molecule has 136 valence electrons. The third-order valence-corrected chi connectivity index (χ3v) is 3.34. The Morgan fingerprint density at radius 2 is 1.27 bits per heavy atom. The van der Waals surface area contributed by atoms with E-state index in [0.717, 1.165) is 32.1 Å². The van der Waals surface area contributed by atoms with E-state index in [1.54, 1.807) is 0 Å². The number of aliphatic hydroxyl groups excluding tert-OH is 4. The standard InChI is InChI=1S/C10H20O2.2C3H8O2/c1-4-7-8-10(5-2,6-3)9(11)12;2*1-3(5)2-4/h4-8H2,1-3H3,(H,11,12);2*3-5H,2H2,1H3. The third kappa shape index (κ3) is 15.7. The lowest BCUT2D eigenvalue weighted by molar-refractivity contribution is -0.150. The molecule has 0 aliphatic heterocycles. The molecule has 2 atom stereocenters. The van der Waals surface area contributed by atoms with E-state index in [0.29, 0.717) is 0 Å². The zero-order chi connectivity index (χ0) is 18.2. The second-order valence-corrected chi connectivity index (χ2v) is 5.46. The lowest BCUT2D eigenvalue weighted by Crippen LogP contribution is -2.29. The Bertz CT molecular complexity index is 229. The van der Waals surface area contributed by atoms with Gasteiger partial charge in [-0.25, -0.2) is 0 Å². The molecule has 5 N–H and O–H groups in total. The molecule has 0 bridgehead atoms. The van der Waals surface area contributed by atoms with Crippen LogP contribution in [-0.4, -0.2) is 56.9 Å². The molecule has 0 aromatic carbocycles. The first kappa shape index (κ1) is 26.2. The molecule has 6 heteroatoms. The molecule has 0 saturated heterocycles. The molecule has 0 saturated carbocycles. The van der Waals surface area contributed by atoms with E-state index < -0.39 is 23.6 Å². The Kier molecular flexibility index (Phi) is 19.9. The van der Waals surface area contributed by atoms with E-state index in [1.165, 1.54) is 13.8 Å². The van der Waals surface area contributed by atoms with Crippen LogP contribution in [-0.2, 0) is 4.79 Å². The first-order valence-corrected chi connectivity index (χ1v) is 7.98. The van der Waals surface area contributed by atoms with Crippen molar-refractivity contribution in [1.82, 2.24) is 0 Å². The summed E-state index contributed by atoms with van der Waals surface area (Å²) in [4.78, 5) is 11.0. The number of hydrogen-bond acceptors (Lipinski definition) is 5. The SMILES string of the molecule is CC(O)CO.CC(O)CO.CCCCC(CC)(CC)C(=O)O. The van der Waals surface area contributed by atoms with Crippen LogP contribution in [0.25, 0.3) is 0 Å². The number of hydrogen-bond donors (Lipinski definition) is 5. The van der Waals surface area contributed by atoms with Crippen LogP contribution in [0.1, 0.15) is 66.7 Å². The topological polar surface area (TPSA) is 118 Å². The van der Waals surface area contributed by atoms with E-state index in [9.17, 15) is 4.79 Å². The van der Waals surface area contributed by atoms with Gasteiger partial charge in [0.2, 0.25) is 0 Å². The van der Waals surface area contributed by atoms with Crippen LogP contribution in [0.3, 0.4) is 0 Å². The summed E-state index contributed by atoms with van der Waals surface area (Å²) in [6, 6.07) is 0. The summed E-state index contributed by atoms with van der Waals surface area (Å²) in [5, 5.41) is 41.1. The number of carboxylic acids is 1. The molecular formula is C16H36O6. The average Bonchev–Trinajstić information content (AvgIpc) is 2.49. The van der Waals surface area contributed by atoms with Crippen LogP contribution in [0.5, 0.6) is 0 Å². The lowest BCUT2D eigenvalue weighted by atomic mass is 9.78. The molecule has 0 spiro atoms. The maximum atomic E-state index is 11.0. The molecule has 22 heavy (non-hydrogen) atoms. The maximum Gasteiger partial charge on any atom is 0.309 e. The van der Waals surface area contributed by atoms with Gasteiger partial charge < -0.3 is 25.5 Å². The van der Waals surface area contributed by atoms with Crippen molar-refractivity contribution in [2.24, 2.45) is 5.41 Å². The summed E-state index contributed by atoms with van der Waals surface area (Å²) >= 11 is 0. The van der Waals surface area contributed by atoms with Crippen LogP contribution < -0.4 is 0 Å². The molecule has 0 aromatic heterocycles. The molecule has 0 fully saturated rings. The van der Waals surface area contributed by atoms with Gasteiger partial charge in [0, 0.05) is 0 Å². The molecule has 0 aliphatic carbocycles. The molecule has 6 nitrogen and oxygen atoms in total. The summed E-state index contributed by atoms with van der Waals surface area (Å²) in [6.45, 7) is 8.80. The molecule has 0 amide bonds. The van der Waals surface area contributed by atoms with Crippen LogP contribution >= 0.6 is 0 Å². The Morgan fingerprint density at radius 1 is 0.955 bits per heavy atom. The van der Waals surface area contributed by atoms with E-state index in [1.807, 2.05) is 13.8 Å². The summed E-state index contributed by atoms with van der Waals surface area (Å²) < 4.78 is 0. The predicted octanol–water partition coefficient (Wildman–Crippen LogP) is 1.79. The average molecular weight is 324 g/mol. The largest absolute Gasteiger partial charge is 0.481 e. The van der Waals surface area contributed by atoms with Crippen molar-refractivity contribution in [2.75, 3.05) is 13.2 Å². The number of carbonyl (C=O) groups is 1. The van der Waals surface area contributed by atoms with Crippen LogP contribution in [0.15, 0.2) is 0 Å². The minimum Gasteiger partial charge on any atom is -0.481 e. The maximum absolute atomic E-state index is 11.0. The molecule has 2 unspecified atom stereocenters. The van der Waals surface area contributed by atoms with Gasteiger partial charge in [-0.1, -0.05) is 33.6 Å². The Morgan fingerprint density at radius 3 is 1.41 bits per heavy atom. The summed E-state index contributed by atoms with van der Waals surface area (Å²) in [5.41, 5.74) is -0.448. The van der Waals surface area contributed by atoms with E-state index in [4.69, 9.17) is 25.5 Å². The molecule has 0 aliphatic rings. The summed E-state index contributed by atoms with van der Waals surface area (Å²) in [5.74, 6) is -0.624. The quantitative estimate of drug-likeness (QED) is 0.464. The van der Waals surface area contributed by atoms with Gasteiger partial charge in [-0.3, -0.25) is 4.79 Å². The van der Waals surface area contributed by atoms with Gasteiger partial charge >= 0.3 is 5.97 Å². The van der Waals surface area contributed by atoms with Gasteiger partial charge in [-0.05, 0) is 33.1 Å². The van der Waals surface area contributed by atoms with Gasteiger partial charge in [0.15, 0.2) is 0 Å². The molecule has 0 rings (SSSR count). The van der Waals surface area contributed by atoms with E-state index >= 15 is 0 Å². The zero-order valence-electron chi connectivity index (χ0n) is 14.7. The third-order valence-electron chi connectivity index (χ3n) is 3.34. The van der Waals surface area contributed by atoms with Crippen LogP contribution in [0.4, 0.5) is 0 Å². The zero-order valence-corrected chi connectivity index (χ0v) is 14.7. The van der Waals surface area contributed by atoms with Crippen molar-refractivity contribution in [3.8, 4) is 0 Å². The summed E-state index contributed by atoms with van der Waals surface area (Å²) in [6.07, 6.45) is 3.30. The minimum atomic E-state index is -0.624. The van der Waals surface area contributed by atoms with E-state index in [-0.39, 0.29) is 13.2 Å². The highest BCUT2D eigenvalue weighted by molar-refractivity contribution is 5.74. The number of carboxylic acid groups (broad SMARTS) is 1. The second kappa shape index (κ2) is 16.7. The number of aliphatic hydroxyl groups is 4. The lowest BCUT2D eigenvalue weighted by Gasteiger charge is -2.26. The first-order valence-electron chi connectivity index (χ1n) is 7.98. The van der Waals surface area contributed by atoms with Gasteiger partial charge in [-0.15, -0.1) is 0 Å². The molecular weight excluding hydrogens is 288 g/mol. The van der Waals surface area contributed by atoms with Crippen molar-refractivity contribution in [3.05, 3.63) is 0 Å². The van der Waals surface area contributed by atoms with Crippen molar-refractivity contribution < 1.29 is 30.3 Å². The van der Waals surface area contributed by atoms with Crippen LogP contribution in [0.2, 0.25) is 0 Å². The number of unbranched alkanes of at least 4 members (excludes halogenated alkanes) is 1. The normalized spacial score (nSPS) is 13.1. The van der Waals surface area contributed by atoms with Gasteiger partial charge in [0.05, 0.1) is 30.8 Å². The fraction of sp³-hybridized carbons (Fsp3) is 0.938. The smallest absolute Gasteiger partial charge is 0.309 e. The number of rotatable bonds is 8. The number of aliphatic carboxylic acids is 1. The highest BCUT2D eigenvalue weighted by atomic mass is 16.4. The molecule has 0 aromatic rings. The van der Waals surface area contributed by atoms with Crippen molar-refractivity contribution in [2.45, 2.75) is 78.9 Å². The first-order chi connectivity index (χ1) is 10.2. The van der Waals surface area contributed by atoms with Gasteiger partial charge in [0.1, 0.15) is 0 Å². The Balaban J connectivity index is -0.000000298. The molecule has 0 radical (unpaired) electrons. The van der Waals surface area contributed by atoms with Crippen molar-refractivity contribution >= 4 is 5.97 Å². The fourth-order valence-corrected chi connectivity index (χ4v) is 1.53. The van der Waals surface area contributed by atoms with Crippen LogP contribution in [0, 0.1) is 5.41 Å². The Labute approximate surface area is 134 Å². The summed E-state index contributed by atoms with van der Waals surface area (Å²) in [7, 11) is 0. The predicted molar refractivity (Wildman–Crippen MR) is 87.7 cm³/mol. The molecule has 0 heterocycles. The second-order valence-electron chi connectivity index (χ2n) is 5.46. The minimum absolute atomic E-state index is 0.139. The van der Waals surface area contributed by atoms with E-state index in [2.05, 4.69) is 6.92 Å².